The number of benzene rings is 1. The van der Waals surface area contributed by atoms with Crippen molar-refractivity contribution in [1.29, 1.82) is 5.26 Å². The van der Waals surface area contributed by atoms with Crippen molar-refractivity contribution in [2.45, 2.75) is 24.7 Å². The van der Waals surface area contributed by atoms with Crippen LogP contribution < -0.4 is 0 Å². The van der Waals surface area contributed by atoms with Crippen molar-refractivity contribution in [1.82, 2.24) is 0 Å². The van der Waals surface area contributed by atoms with E-state index >= 15 is 0 Å². The molecule has 0 atom stereocenters. The number of aryl methyl sites for hydroxylation is 1. The van der Waals surface area contributed by atoms with E-state index in [9.17, 15) is 0 Å². The quantitative estimate of drug-likeness (QED) is 0.538. The van der Waals surface area contributed by atoms with Crippen LogP contribution in [0.1, 0.15) is 18.4 Å². The van der Waals surface area contributed by atoms with Crippen LogP contribution in [0.3, 0.4) is 0 Å². The zero-order valence-corrected chi connectivity index (χ0v) is 8.60. The highest BCUT2D eigenvalue weighted by atomic mass is 32.2. The molecule has 1 aromatic carbocycles. The van der Waals surface area contributed by atoms with Gasteiger partial charge < -0.3 is 0 Å². The Morgan fingerprint density at radius 2 is 2.31 bits per heavy atom. The van der Waals surface area contributed by atoms with Crippen LogP contribution in [0.5, 0.6) is 0 Å². The molecule has 0 saturated heterocycles. The van der Waals surface area contributed by atoms with Gasteiger partial charge in [0.15, 0.2) is 0 Å². The van der Waals surface area contributed by atoms with Gasteiger partial charge in [0.05, 0.1) is 6.07 Å². The number of hydrogen-bond donors (Lipinski definition) is 0. The molecule has 0 aliphatic carbocycles. The van der Waals surface area contributed by atoms with E-state index in [1.54, 1.807) is 0 Å². The molecule has 0 radical (unpaired) electrons. The van der Waals surface area contributed by atoms with Gasteiger partial charge in [0, 0.05) is 11.3 Å². The van der Waals surface area contributed by atoms with E-state index in [0.29, 0.717) is 6.42 Å². The lowest BCUT2D eigenvalue weighted by Crippen LogP contribution is -1.79. The van der Waals surface area contributed by atoms with Crippen molar-refractivity contribution in [3.05, 3.63) is 29.8 Å². The van der Waals surface area contributed by atoms with Crippen LogP contribution in [-0.4, -0.2) is 5.75 Å². The molecule has 13 heavy (non-hydrogen) atoms. The first kappa shape index (κ1) is 10.1. The maximum Gasteiger partial charge on any atom is 0.0622 e. The third-order valence-electron chi connectivity index (χ3n) is 1.69. The largest absolute Gasteiger partial charge is 0.198 e. The lowest BCUT2D eigenvalue weighted by Gasteiger charge is -2.00. The molecule has 0 aliphatic heterocycles. The highest BCUT2D eigenvalue weighted by Crippen LogP contribution is 2.19. The Hall–Kier alpha value is -0.940. The SMILES string of the molecule is Cc1cccc(SCCCC#N)c1. The first-order chi connectivity index (χ1) is 6.33. The Balaban J connectivity index is 2.33. The average molecular weight is 191 g/mol. The van der Waals surface area contributed by atoms with Gasteiger partial charge in [-0.05, 0) is 31.2 Å². The van der Waals surface area contributed by atoms with Crippen molar-refractivity contribution in [2.24, 2.45) is 0 Å². The number of rotatable bonds is 4. The summed E-state index contributed by atoms with van der Waals surface area (Å²) in [6.07, 6.45) is 1.65. The molecule has 68 valence electrons. The van der Waals surface area contributed by atoms with Crippen molar-refractivity contribution in [3.63, 3.8) is 0 Å². The fourth-order valence-electron chi connectivity index (χ4n) is 1.05. The Bertz CT molecular complexity index is 301. The summed E-state index contributed by atoms with van der Waals surface area (Å²) in [5.74, 6) is 1.04. The number of hydrogen-bond acceptors (Lipinski definition) is 2. The van der Waals surface area contributed by atoms with E-state index in [1.165, 1.54) is 10.5 Å². The molecule has 0 N–H and O–H groups in total. The first-order valence-corrected chi connectivity index (χ1v) is 5.38. The minimum Gasteiger partial charge on any atom is -0.198 e. The molecule has 0 aliphatic rings. The van der Waals surface area contributed by atoms with Gasteiger partial charge in [-0.2, -0.15) is 5.26 Å². The molecule has 0 fully saturated rings. The fraction of sp³-hybridized carbons (Fsp3) is 0.364. The summed E-state index contributed by atoms with van der Waals surface area (Å²) in [5, 5.41) is 8.35. The lowest BCUT2D eigenvalue weighted by atomic mass is 10.2. The van der Waals surface area contributed by atoms with E-state index in [0.717, 1.165) is 12.2 Å². The van der Waals surface area contributed by atoms with Crippen molar-refractivity contribution < 1.29 is 0 Å². The molecule has 0 saturated carbocycles. The molecule has 1 nitrogen and oxygen atoms in total. The molecule has 1 aromatic rings. The summed E-state index contributed by atoms with van der Waals surface area (Å²) < 4.78 is 0. The summed E-state index contributed by atoms with van der Waals surface area (Å²) in [5.41, 5.74) is 1.30. The van der Waals surface area contributed by atoms with Crippen LogP contribution in [-0.2, 0) is 0 Å². The van der Waals surface area contributed by atoms with Gasteiger partial charge in [-0.15, -0.1) is 11.8 Å². The Morgan fingerprint density at radius 1 is 1.46 bits per heavy atom. The van der Waals surface area contributed by atoms with Gasteiger partial charge in [-0.25, -0.2) is 0 Å². The van der Waals surface area contributed by atoms with Gasteiger partial charge in [-0.1, -0.05) is 17.7 Å². The number of nitrogens with zero attached hydrogens (tertiary/aromatic N) is 1. The molecule has 0 bridgehead atoms. The predicted octanol–water partition coefficient (Wildman–Crippen LogP) is 3.39. The van der Waals surface area contributed by atoms with Crippen LogP contribution in [0.25, 0.3) is 0 Å². The monoisotopic (exact) mass is 191 g/mol. The van der Waals surface area contributed by atoms with Gasteiger partial charge in [0.2, 0.25) is 0 Å². The van der Waals surface area contributed by atoms with E-state index in [1.807, 2.05) is 11.8 Å². The second-order valence-corrected chi connectivity index (χ2v) is 4.09. The summed E-state index contributed by atoms with van der Waals surface area (Å²) in [6, 6.07) is 10.6. The average Bonchev–Trinajstić information content (AvgIpc) is 2.13. The number of unbranched alkanes of at least 4 members (excludes halogenated alkanes) is 1. The van der Waals surface area contributed by atoms with Crippen LogP contribution >= 0.6 is 11.8 Å². The molecule has 2 heteroatoms. The van der Waals surface area contributed by atoms with Gasteiger partial charge in [0.1, 0.15) is 0 Å². The lowest BCUT2D eigenvalue weighted by molar-refractivity contribution is 0.981. The highest BCUT2D eigenvalue weighted by molar-refractivity contribution is 7.99. The van der Waals surface area contributed by atoms with Gasteiger partial charge >= 0.3 is 0 Å². The standard InChI is InChI=1S/C11H13NS/c1-10-5-4-6-11(9-10)13-8-3-2-7-12/h4-6,9H,2-3,8H2,1H3. The van der Waals surface area contributed by atoms with Crippen molar-refractivity contribution >= 4 is 11.8 Å². The maximum atomic E-state index is 8.35. The Morgan fingerprint density at radius 3 is 3.00 bits per heavy atom. The molecule has 1 rings (SSSR count). The predicted molar refractivity (Wildman–Crippen MR) is 56.8 cm³/mol. The third-order valence-corrected chi connectivity index (χ3v) is 2.77. The second kappa shape index (κ2) is 5.66. The second-order valence-electron chi connectivity index (χ2n) is 2.93. The van der Waals surface area contributed by atoms with Gasteiger partial charge in [0.25, 0.3) is 0 Å². The summed E-state index contributed by atoms with van der Waals surface area (Å²) >= 11 is 1.82. The molecule has 0 spiro atoms. The van der Waals surface area contributed by atoms with Crippen LogP contribution in [0.15, 0.2) is 29.2 Å². The number of thioether (sulfide) groups is 1. The number of nitriles is 1. The summed E-state index contributed by atoms with van der Waals surface area (Å²) in [6.45, 7) is 2.10. The van der Waals surface area contributed by atoms with Crippen LogP contribution in [0.4, 0.5) is 0 Å². The van der Waals surface area contributed by atoms with Crippen LogP contribution in [0.2, 0.25) is 0 Å². The third kappa shape index (κ3) is 4.00. The highest BCUT2D eigenvalue weighted by Gasteiger charge is 1.93. The van der Waals surface area contributed by atoms with Crippen LogP contribution in [0, 0.1) is 18.3 Å². The molecule has 0 unspecified atom stereocenters. The normalized spacial score (nSPS) is 9.54. The summed E-state index contributed by atoms with van der Waals surface area (Å²) in [4.78, 5) is 1.30. The molecule has 0 aromatic heterocycles. The zero-order valence-electron chi connectivity index (χ0n) is 7.79. The topological polar surface area (TPSA) is 23.8 Å². The van der Waals surface area contributed by atoms with E-state index in [-0.39, 0.29) is 0 Å². The smallest absolute Gasteiger partial charge is 0.0622 e. The molecule has 0 amide bonds. The van der Waals surface area contributed by atoms with Gasteiger partial charge in [-0.3, -0.25) is 0 Å². The zero-order chi connectivity index (χ0) is 9.52. The van der Waals surface area contributed by atoms with Crippen molar-refractivity contribution in [2.75, 3.05) is 5.75 Å². The minimum absolute atomic E-state index is 0.665. The van der Waals surface area contributed by atoms with Crippen molar-refractivity contribution in [3.8, 4) is 6.07 Å². The fourth-order valence-corrected chi connectivity index (χ4v) is 2.01. The summed E-state index contributed by atoms with van der Waals surface area (Å²) in [7, 11) is 0. The molecular formula is C11H13NS. The van der Waals surface area contributed by atoms with E-state index in [2.05, 4.69) is 37.3 Å². The minimum atomic E-state index is 0.665. The Kier molecular flexibility index (Phi) is 4.42. The van der Waals surface area contributed by atoms with E-state index < -0.39 is 0 Å². The maximum absolute atomic E-state index is 8.35. The first-order valence-electron chi connectivity index (χ1n) is 4.39. The van der Waals surface area contributed by atoms with E-state index in [4.69, 9.17) is 5.26 Å². The molecular weight excluding hydrogens is 178 g/mol. The Labute approximate surface area is 83.8 Å². The molecule has 0 heterocycles.